The number of alkyl halides is 3. The molecule has 9 heteroatoms. The Balaban J connectivity index is 1.41. The van der Waals surface area contributed by atoms with E-state index in [0.29, 0.717) is 40.2 Å². The fourth-order valence-corrected chi connectivity index (χ4v) is 5.44. The Hall–Kier alpha value is -3.10. The first-order valence-corrected chi connectivity index (χ1v) is 11.9. The van der Waals surface area contributed by atoms with Crippen molar-refractivity contribution in [3.05, 3.63) is 94.0 Å². The number of carbonyl (C=O) groups is 1. The van der Waals surface area contributed by atoms with Gasteiger partial charge >= 0.3 is 6.18 Å². The molecule has 0 saturated carbocycles. The maximum atomic E-state index is 13.3. The van der Waals surface area contributed by atoms with E-state index in [-0.39, 0.29) is 11.1 Å². The first-order valence-electron chi connectivity index (χ1n) is 10.4. The van der Waals surface area contributed by atoms with Gasteiger partial charge in [0.15, 0.2) is 11.0 Å². The SMILES string of the molecule is O=C1C=C(c2ccc(O[C@@H]3CCc4c(-c5cc(C(F)(F)F)ccc5Cl)cccc43)cc2)S(=O)N1. The molecule has 1 heterocycles. The van der Waals surface area contributed by atoms with Crippen molar-refractivity contribution in [2.75, 3.05) is 0 Å². The maximum absolute atomic E-state index is 13.3. The highest BCUT2D eigenvalue weighted by atomic mass is 35.5. The molecule has 5 rings (SSSR count). The van der Waals surface area contributed by atoms with Gasteiger partial charge in [-0.15, -0.1) is 0 Å². The van der Waals surface area contributed by atoms with Gasteiger partial charge in [0.2, 0.25) is 0 Å². The molecule has 3 aromatic carbocycles. The van der Waals surface area contributed by atoms with Crippen molar-refractivity contribution in [3.8, 4) is 16.9 Å². The molecule has 1 aliphatic heterocycles. The highest BCUT2D eigenvalue weighted by molar-refractivity contribution is 7.93. The van der Waals surface area contributed by atoms with E-state index in [1.54, 1.807) is 36.4 Å². The van der Waals surface area contributed by atoms with Crippen LogP contribution in [-0.4, -0.2) is 10.1 Å². The van der Waals surface area contributed by atoms with Crippen LogP contribution in [0.3, 0.4) is 0 Å². The number of halogens is 4. The van der Waals surface area contributed by atoms with Crippen LogP contribution in [0.4, 0.5) is 13.2 Å². The Morgan fingerprint density at radius 2 is 1.79 bits per heavy atom. The minimum absolute atomic E-state index is 0.257. The van der Waals surface area contributed by atoms with Gasteiger partial charge in [0.05, 0.1) is 10.5 Å². The minimum Gasteiger partial charge on any atom is -0.486 e. The topological polar surface area (TPSA) is 55.4 Å². The highest BCUT2D eigenvalue weighted by Gasteiger charge is 2.32. The fraction of sp³-hybridized carbons (Fsp3) is 0.160. The smallest absolute Gasteiger partial charge is 0.416 e. The van der Waals surface area contributed by atoms with Crippen molar-refractivity contribution >= 4 is 33.4 Å². The van der Waals surface area contributed by atoms with Gasteiger partial charge < -0.3 is 4.74 Å². The molecule has 0 bridgehead atoms. The first kappa shape index (κ1) is 22.7. The summed E-state index contributed by atoms with van der Waals surface area (Å²) in [6.45, 7) is 0. The van der Waals surface area contributed by atoms with Crippen LogP contribution in [0.2, 0.25) is 5.02 Å². The normalized spacial score (nSPS) is 19.5. The molecule has 0 saturated heterocycles. The Labute approximate surface area is 201 Å². The minimum atomic E-state index is -4.46. The number of carbonyl (C=O) groups excluding carboxylic acids is 1. The van der Waals surface area contributed by atoms with E-state index < -0.39 is 28.6 Å². The number of benzene rings is 3. The Bertz CT molecular complexity index is 1350. The molecule has 34 heavy (non-hydrogen) atoms. The monoisotopic (exact) mass is 503 g/mol. The lowest BCUT2D eigenvalue weighted by Crippen LogP contribution is -2.16. The van der Waals surface area contributed by atoms with Gasteiger partial charge in [-0.25, -0.2) is 4.21 Å². The standard InChI is InChI=1S/C25H17ClF3NO3S/c26-21-10-6-15(25(27,28)29)12-20(21)17-2-1-3-19-18(17)9-11-22(19)33-16-7-4-14(5-8-16)23-13-24(31)30-34(23)32/h1-8,10,12-13,22H,9,11H2,(H,30,31)/t22-,34?/m1/s1. The van der Waals surface area contributed by atoms with Crippen LogP contribution in [0.5, 0.6) is 5.75 Å². The number of nitrogens with one attached hydrogen (secondary N) is 1. The average molecular weight is 504 g/mol. The third-order valence-electron chi connectivity index (χ3n) is 5.87. The van der Waals surface area contributed by atoms with Crippen molar-refractivity contribution in [2.24, 2.45) is 0 Å². The van der Waals surface area contributed by atoms with E-state index in [2.05, 4.69) is 4.72 Å². The number of hydrogen-bond acceptors (Lipinski definition) is 3. The third-order valence-corrected chi connectivity index (χ3v) is 7.34. The Morgan fingerprint density at radius 1 is 1.03 bits per heavy atom. The third kappa shape index (κ3) is 4.23. The van der Waals surface area contributed by atoms with Gasteiger partial charge in [-0.2, -0.15) is 13.2 Å². The molecule has 2 aliphatic rings. The number of amides is 1. The zero-order valence-electron chi connectivity index (χ0n) is 17.5. The van der Waals surface area contributed by atoms with Crippen LogP contribution in [0.15, 0.2) is 66.7 Å². The maximum Gasteiger partial charge on any atom is 0.416 e. The molecule has 1 aliphatic carbocycles. The molecule has 0 aromatic heterocycles. The lowest BCUT2D eigenvalue weighted by atomic mass is 9.95. The second-order valence-corrected chi connectivity index (χ2v) is 9.57. The fourth-order valence-electron chi connectivity index (χ4n) is 4.30. The van der Waals surface area contributed by atoms with Crippen molar-refractivity contribution in [2.45, 2.75) is 25.1 Å². The van der Waals surface area contributed by atoms with E-state index in [9.17, 15) is 22.2 Å². The molecule has 2 atom stereocenters. The quantitative estimate of drug-likeness (QED) is 0.459. The summed E-state index contributed by atoms with van der Waals surface area (Å²) in [6, 6.07) is 15.8. The lowest BCUT2D eigenvalue weighted by Gasteiger charge is -2.17. The van der Waals surface area contributed by atoms with Crippen LogP contribution in [0.1, 0.15) is 34.8 Å². The number of hydrogen-bond donors (Lipinski definition) is 1. The van der Waals surface area contributed by atoms with E-state index in [1.165, 1.54) is 12.1 Å². The summed E-state index contributed by atoms with van der Waals surface area (Å²) < 4.78 is 60.2. The summed E-state index contributed by atoms with van der Waals surface area (Å²) in [7, 11) is -1.57. The molecule has 0 radical (unpaired) electrons. The molecular formula is C25H17ClF3NO3S. The summed E-state index contributed by atoms with van der Waals surface area (Å²) in [5.41, 5.74) is 2.75. The van der Waals surface area contributed by atoms with Crippen molar-refractivity contribution < 1.29 is 26.9 Å². The summed E-state index contributed by atoms with van der Waals surface area (Å²) in [6.07, 6.45) is -2.12. The summed E-state index contributed by atoms with van der Waals surface area (Å²) in [5, 5.41) is 0.257. The molecule has 4 nitrogen and oxygen atoms in total. The van der Waals surface area contributed by atoms with E-state index in [1.807, 2.05) is 6.07 Å². The van der Waals surface area contributed by atoms with Gasteiger partial charge in [-0.1, -0.05) is 41.9 Å². The number of ether oxygens (including phenoxy) is 1. The molecule has 0 spiro atoms. The summed E-state index contributed by atoms with van der Waals surface area (Å²) >= 11 is 6.29. The lowest BCUT2D eigenvalue weighted by molar-refractivity contribution is -0.137. The van der Waals surface area contributed by atoms with Crippen LogP contribution in [-0.2, 0) is 28.4 Å². The van der Waals surface area contributed by atoms with Gasteiger partial charge in [-0.05, 0) is 65.4 Å². The van der Waals surface area contributed by atoms with Gasteiger partial charge in [0.25, 0.3) is 5.91 Å². The Morgan fingerprint density at radius 3 is 2.47 bits per heavy atom. The molecule has 1 amide bonds. The van der Waals surface area contributed by atoms with E-state index in [4.69, 9.17) is 16.3 Å². The van der Waals surface area contributed by atoms with Crippen LogP contribution < -0.4 is 9.46 Å². The second kappa shape index (κ2) is 8.60. The summed E-state index contributed by atoms with van der Waals surface area (Å²) in [5.74, 6) is 0.195. The number of fused-ring (bicyclic) bond motifs is 1. The van der Waals surface area contributed by atoms with Gasteiger partial charge in [-0.3, -0.25) is 9.52 Å². The zero-order valence-corrected chi connectivity index (χ0v) is 19.1. The molecular weight excluding hydrogens is 487 g/mol. The highest BCUT2D eigenvalue weighted by Crippen LogP contribution is 2.43. The van der Waals surface area contributed by atoms with Crippen molar-refractivity contribution in [1.29, 1.82) is 0 Å². The largest absolute Gasteiger partial charge is 0.486 e. The Kier molecular flexibility index (Phi) is 5.73. The van der Waals surface area contributed by atoms with Crippen molar-refractivity contribution in [1.82, 2.24) is 4.72 Å². The average Bonchev–Trinajstić information content (AvgIpc) is 3.36. The zero-order chi connectivity index (χ0) is 24.0. The van der Waals surface area contributed by atoms with E-state index >= 15 is 0 Å². The molecule has 1 unspecified atom stereocenters. The molecule has 3 aromatic rings. The molecule has 1 N–H and O–H groups in total. The molecule has 0 fully saturated rings. The van der Waals surface area contributed by atoms with Crippen LogP contribution >= 0.6 is 11.6 Å². The second-order valence-electron chi connectivity index (χ2n) is 7.98. The predicted molar refractivity (Wildman–Crippen MR) is 124 cm³/mol. The van der Waals surface area contributed by atoms with E-state index in [0.717, 1.165) is 23.3 Å². The van der Waals surface area contributed by atoms with Crippen molar-refractivity contribution in [3.63, 3.8) is 0 Å². The van der Waals surface area contributed by atoms with Gasteiger partial charge in [0.1, 0.15) is 11.9 Å². The summed E-state index contributed by atoms with van der Waals surface area (Å²) in [4.78, 5) is 11.8. The predicted octanol–water partition coefficient (Wildman–Crippen LogP) is 6.23. The van der Waals surface area contributed by atoms with Crippen LogP contribution in [0, 0.1) is 0 Å². The number of rotatable bonds is 4. The van der Waals surface area contributed by atoms with Gasteiger partial charge in [0, 0.05) is 16.7 Å². The first-order chi connectivity index (χ1) is 16.2. The molecule has 174 valence electrons. The van der Waals surface area contributed by atoms with Crippen LogP contribution in [0.25, 0.3) is 16.0 Å².